The Morgan fingerprint density at radius 1 is 1.47 bits per heavy atom. The van der Waals surface area contributed by atoms with Gasteiger partial charge in [-0.25, -0.2) is 0 Å². The van der Waals surface area contributed by atoms with E-state index in [1.165, 1.54) is 11.1 Å². The van der Waals surface area contributed by atoms with Crippen molar-refractivity contribution in [2.45, 2.75) is 20.4 Å². The van der Waals surface area contributed by atoms with Crippen LogP contribution < -0.4 is 5.32 Å². The lowest BCUT2D eigenvalue weighted by Gasteiger charge is -2.18. The zero-order chi connectivity index (χ0) is 10.8. The molecule has 0 saturated carbocycles. The first kappa shape index (κ1) is 10.0. The number of aryl methyl sites for hydroxylation is 1. The Morgan fingerprint density at radius 2 is 2.27 bits per heavy atom. The van der Waals surface area contributed by atoms with E-state index in [1.807, 2.05) is 4.90 Å². The highest BCUT2D eigenvalue weighted by atomic mass is 16.2. The fraction of sp³-hybridized carbons (Fsp3) is 0.417. The molecule has 1 heterocycles. The number of amides is 1. The number of fused-ring (bicyclic) bond motifs is 1. The Bertz CT molecular complexity index is 387. The van der Waals surface area contributed by atoms with Crippen molar-refractivity contribution in [3.05, 3.63) is 29.3 Å². The first-order valence-electron chi connectivity index (χ1n) is 5.26. The van der Waals surface area contributed by atoms with Crippen molar-refractivity contribution >= 4 is 11.6 Å². The molecule has 2 rings (SSSR count). The summed E-state index contributed by atoms with van der Waals surface area (Å²) < 4.78 is 0. The topological polar surface area (TPSA) is 32.3 Å². The molecule has 1 aliphatic heterocycles. The van der Waals surface area contributed by atoms with E-state index in [0.717, 1.165) is 25.3 Å². The van der Waals surface area contributed by atoms with Crippen LogP contribution in [0.2, 0.25) is 0 Å². The van der Waals surface area contributed by atoms with E-state index in [4.69, 9.17) is 0 Å². The lowest BCUT2D eigenvalue weighted by atomic mass is 10.1. The van der Waals surface area contributed by atoms with Crippen molar-refractivity contribution < 1.29 is 4.79 Å². The standard InChI is InChI=1S/C12H16N2O/c1-9-3-4-12-11(7-9)8-14(10(2)15)6-5-13-12/h3-4,7,13H,5-6,8H2,1-2H3. The van der Waals surface area contributed by atoms with Gasteiger partial charge in [-0.15, -0.1) is 0 Å². The summed E-state index contributed by atoms with van der Waals surface area (Å²) >= 11 is 0. The third-order valence-corrected chi connectivity index (χ3v) is 2.76. The minimum atomic E-state index is 0.145. The summed E-state index contributed by atoms with van der Waals surface area (Å²) in [6.07, 6.45) is 0. The summed E-state index contributed by atoms with van der Waals surface area (Å²) in [6.45, 7) is 6.03. The smallest absolute Gasteiger partial charge is 0.219 e. The van der Waals surface area contributed by atoms with Crippen molar-refractivity contribution in [1.29, 1.82) is 0 Å². The van der Waals surface area contributed by atoms with Gasteiger partial charge in [-0.1, -0.05) is 17.7 Å². The van der Waals surface area contributed by atoms with Gasteiger partial charge in [0, 0.05) is 32.2 Å². The Morgan fingerprint density at radius 3 is 3.00 bits per heavy atom. The normalized spacial score (nSPS) is 15.2. The largest absolute Gasteiger partial charge is 0.383 e. The van der Waals surface area contributed by atoms with Crippen LogP contribution in [0.15, 0.2) is 18.2 Å². The van der Waals surface area contributed by atoms with Crippen molar-refractivity contribution in [2.24, 2.45) is 0 Å². The van der Waals surface area contributed by atoms with Crippen LogP contribution in [0, 0.1) is 6.92 Å². The molecule has 0 fully saturated rings. The second-order valence-corrected chi connectivity index (χ2v) is 4.03. The maximum Gasteiger partial charge on any atom is 0.219 e. The molecule has 1 amide bonds. The predicted octanol–water partition coefficient (Wildman–Crippen LogP) is 1.77. The number of carbonyl (C=O) groups is 1. The van der Waals surface area contributed by atoms with Crippen LogP contribution >= 0.6 is 0 Å². The van der Waals surface area contributed by atoms with Crippen LogP contribution in [0.5, 0.6) is 0 Å². The quantitative estimate of drug-likeness (QED) is 0.698. The molecule has 0 atom stereocenters. The number of nitrogens with one attached hydrogen (secondary N) is 1. The van der Waals surface area contributed by atoms with Crippen molar-refractivity contribution in [3.8, 4) is 0 Å². The molecule has 0 radical (unpaired) electrons. The summed E-state index contributed by atoms with van der Waals surface area (Å²) in [6, 6.07) is 6.33. The Balaban J connectivity index is 2.31. The Hall–Kier alpha value is -1.51. The zero-order valence-electron chi connectivity index (χ0n) is 9.21. The highest BCUT2D eigenvalue weighted by Crippen LogP contribution is 2.21. The van der Waals surface area contributed by atoms with Crippen molar-refractivity contribution in [1.82, 2.24) is 4.90 Å². The monoisotopic (exact) mass is 204 g/mol. The number of benzene rings is 1. The van der Waals surface area contributed by atoms with E-state index in [-0.39, 0.29) is 5.91 Å². The van der Waals surface area contributed by atoms with Crippen LogP contribution in [0.3, 0.4) is 0 Å². The van der Waals surface area contributed by atoms with Gasteiger partial charge in [0.25, 0.3) is 0 Å². The average Bonchev–Trinajstić information content (AvgIpc) is 2.39. The first-order valence-corrected chi connectivity index (χ1v) is 5.26. The van der Waals surface area contributed by atoms with E-state index in [2.05, 4.69) is 30.4 Å². The summed E-state index contributed by atoms with van der Waals surface area (Å²) in [7, 11) is 0. The summed E-state index contributed by atoms with van der Waals surface area (Å²) in [4.78, 5) is 13.2. The fourth-order valence-electron chi connectivity index (χ4n) is 1.90. The third-order valence-electron chi connectivity index (χ3n) is 2.76. The molecule has 1 aliphatic rings. The van der Waals surface area contributed by atoms with E-state index in [1.54, 1.807) is 6.92 Å². The molecular formula is C12H16N2O. The minimum Gasteiger partial charge on any atom is -0.383 e. The highest BCUT2D eigenvalue weighted by Gasteiger charge is 2.15. The van der Waals surface area contributed by atoms with E-state index >= 15 is 0 Å². The lowest BCUT2D eigenvalue weighted by molar-refractivity contribution is -0.129. The zero-order valence-corrected chi connectivity index (χ0v) is 9.21. The number of hydrogen-bond donors (Lipinski definition) is 1. The van der Waals surface area contributed by atoms with E-state index in [0.29, 0.717) is 0 Å². The maximum absolute atomic E-state index is 11.3. The van der Waals surface area contributed by atoms with Crippen LogP contribution in [0.4, 0.5) is 5.69 Å². The van der Waals surface area contributed by atoms with Crippen molar-refractivity contribution in [3.63, 3.8) is 0 Å². The third kappa shape index (κ3) is 2.12. The second-order valence-electron chi connectivity index (χ2n) is 4.03. The molecule has 0 bridgehead atoms. The molecule has 1 N–H and O–H groups in total. The van der Waals surface area contributed by atoms with Gasteiger partial charge in [-0.2, -0.15) is 0 Å². The number of hydrogen-bond acceptors (Lipinski definition) is 2. The van der Waals surface area contributed by atoms with E-state index in [9.17, 15) is 4.79 Å². The number of nitrogens with zero attached hydrogens (tertiary/aromatic N) is 1. The molecule has 0 aromatic heterocycles. The second kappa shape index (κ2) is 3.93. The number of anilines is 1. The van der Waals surface area contributed by atoms with Gasteiger partial charge < -0.3 is 10.2 Å². The SMILES string of the molecule is CC(=O)N1CCNc2ccc(C)cc2C1. The molecule has 0 spiro atoms. The fourth-order valence-corrected chi connectivity index (χ4v) is 1.90. The molecule has 0 aliphatic carbocycles. The Kier molecular flexibility index (Phi) is 2.62. The molecule has 1 aromatic rings. The van der Waals surface area contributed by atoms with Gasteiger partial charge in [0.05, 0.1) is 0 Å². The molecule has 1 aromatic carbocycles. The average molecular weight is 204 g/mol. The summed E-state index contributed by atoms with van der Waals surface area (Å²) in [5.41, 5.74) is 3.60. The first-order chi connectivity index (χ1) is 7.16. The molecule has 3 nitrogen and oxygen atoms in total. The number of rotatable bonds is 0. The van der Waals surface area contributed by atoms with Crippen molar-refractivity contribution in [2.75, 3.05) is 18.4 Å². The van der Waals surface area contributed by atoms with E-state index < -0.39 is 0 Å². The van der Waals surface area contributed by atoms with Crippen LogP contribution in [-0.4, -0.2) is 23.9 Å². The van der Waals surface area contributed by atoms with Crippen LogP contribution in [0.25, 0.3) is 0 Å². The Labute approximate surface area is 90.1 Å². The molecule has 80 valence electrons. The number of carbonyl (C=O) groups excluding carboxylic acids is 1. The molecule has 3 heteroatoms. The lowest BCUT2D eigenvalue weighted by Crippen LogP contribution is -2.30. The summed E-state index contributed by atoms with van der Waals surface area (Å²) in [5.74, 6) is 0.145. The van der Waals surface area contributed by atoms with Gasteiger partial charge in [-0.05, 0) is 18.6 Å². The predicted molar refractivity (Wildman–Crippen MR) is 60.8 cm³/mol. The maximum atomic E-state index is 11.3. The minimum absolute atomic E-state index is 0.145. The van der Waals surface area contributed by atoms with Gasteiger partial charge in [0.2, 0.25) is 5.91 Å². The van der Waals surface area contributed by atoms with Crippen LogP contribution in [0.1, 0.15) is 18.1 Å². The summed E-state index contributed by atoms with van der Waals surface area (Å²) in [5, 5.41) is 3.34. The molecule has 15 heavy (non-hydrogen) atoms. The molecular weight excluding hydrogens is 188 g/mol. The highest BCUT2D eigenvalue weighted by molar-refractivity contribution is 5.74. The van der Waals surface area contributed by atoms with Gasteiger partial charge in [0.15, 0.2) is 0 Å². The molecule has 0 unspecified atom stereocenters. The van der Waals surface area contributed by atoms with Gasteiger partial charge >= 0.3 is 0 Å². The van der Waals surface area contributed by atoms with Crippen LogP contribution in [-0.2, 0) is 11.3 Å². The van der Waals surface area contributed by atoms with Gasteiger partial charge in [0.1, 0.15) is 0 Å². The molecule has 0 saturated heterocycles. The van der Waals surface area contributed by atoms with Gasteiger partial charge in [-0.3, -0.25) is 4.79 Å².